The van der Waals surface area contributed by atoms with E-state index in [1.165, 1.54) is 11.8 Å². The van der Waals surface area contributed by atoms with Crippen molar-refractivity contribution in [3.63, 3.8) is 0 Å². The van der Waals surface area contributed by atoms with Crippen LogP contribution < -0.4 is 27.4 Å². The maximum Gasteiger partial charge on any atom is 0.326 e. The summed E-state index contributed by atoms with van der Waals surface area (Å²) in [4.78, 5) is 71.7. The molecule has 0 radical (unpaired) electrons. The van der Waals surface area contributed by atoms with Crippen LogP contribution in [-0.4, -0.2) is 82.0 Å². The molecule has 9 N–H and O–H groups in total. The molecule has 0 fully saturated rings. The highest BCUT2D eigenvalue weighted by atomic mass is 32.2. The summed E-state index contributed by atoms with van der Waals surface area (Å²) in [6, 6.07) is -4.74. The predicted octanol–water partition coefficient (Wildman–Crippen LogP) is -1.22. The molecule has 0 aliphatic carbocycles. The van der Waals surface area contributed by atoms with Gasteiger partial charge in [-0.1, -0.05) is 20.3 Å². The van der Waals surface area contributed by atoms with Crippen LogP contribution in [0.2, 0.25) is 0 Å². The number of primary amides is 1. The number of thioether (sulfide) groups is 1. The molecule has 0 aromatic rings. The molecule has 14 heteroatoms. The number of nitrogens with two attached hydrogens (primary N) is 2. The zero-order valence-corrected chi connectivity index (χ0v) is 21.1. The van der Waals surface area contributed by atoms with E-state index in [9.17, 15) is 33.9 Å². The molecule has 5 atom stereocenters. The fraction of sp³-hybridized carbons (Fsp3) is 0.714. The van der Waals surface area contributed by atoms with Gasteiger partial charge in [0.15, 0.2) is 0 Å². The lowest BCUT2D eigenvalue weighted by atomic mass is 9.98. The Bertz CT molecular complexity index is 766. The van der Waals surface area contributed by atoms with Gasteiger partial charge in [0.1, 0.15) is 18.1 Å². The molecule has 0 aromatic carbocycles. The van der Waals surface area contributed by atoms with Crippen LogP contribution in [0.25, 0.3) is 0 Å². The normalized spacial score (nSPS) is 15.1. The van der Waals surface area contributed by atoms with Gasteiger partial charge in [-0.25, -0.2) is 4.79 Å². The van der Waals surface area contributed by atoms with Gasteiger partial charge in [-0.05, 0) is 37.2 Å². The van der Waals surface area contributed by atoms with Gasteiger partial charge in [-0.2, -0.15) is 11.8 Å². The highest BCUT2D eigenvalue weighted by molar-refractivity contribution is 7.98. The molecule has 200 valence electrons. The molecule has 13 nitrogen and oxygen atoms in total. The van der Waals surface area contributed by atoms with E-state index in [1.54, 1.807) is 13.2 Å². The van der Waals surface area contributed by atoms with Crippen LogP contribution in [0.4, 0.5) is 0 Å². The van der Waals surface area contributed by atoms with Gasteiger partial charge in [0.2, 0.25) is 23.6 Å². The Morgan fingerprint density at radius 3 is 1.77 bits per heavy atom. The van der Waals surface area contributed by atoms with E-state index in [-0.39, 0.29) is 31.6 Å². The largest absolute Gasteiger partial charge is 0.481 e. The van der Waals surface area contributed by atoms with Crippen molar-refractivity contribution < 1.29 is 39.0 Å². The minimum Gasteiger partial charge on any atom is -0.481 e. The van der Waals surface area contributed by atoms with E-state index in [1.807, 2.05) is 6.92 Å². The summed E-state index contributed by atoms with van der Waals surface area (Å²) in [6.45, 7) is 3.62. The molecule has 0 bridgehead atoms. The van der Waals surface area contributed by atoms with Crippen molar-refractivity contribution in [2.45, 2.75) is 76.5 Å². The fourth-order valence-corrected chi connectivity index (χ4v) is 3.38. The molecule has 4 amide bonds. The van der Waals surface area contributed by atoms with Gasteiger partial charge in [-0.3, -0.25) is 24.0 Å². The van der Waals surface area contributed by atoms with Crippen LogP contribution in [0.15, 0.2) is 0 Å². The Labute approximate surface area is 208 Å². The summed E-state index contributed by atoms with van der Waals surface area (Å²) in [6.07, 6.45) is 1.36. The smallest absolute Gasteiger partial charge is 0.326 e. The monoisotopic (exact) mass is 519 g/mol. The SMILES string of the molecule is CCC(C)C(N)C(=O)NC(CCC(N)=O)C(=O)NC(CCSC)C(=O)NC(CCC(=O)O)C(=O)O. The van der Waals surface area contributed by atoms with Crippen LogP contribution >= 0.6 is 11.8 Å². The summed E-state index contributed by atoms with van der Waals surface area (Å²) in [5.41, 5.74) is 11.1. The molecule has 0 aromatic heterocycles. The van der Waals surface area contributed by atoms with E-state index >= 15 is 0 Å². The Morgan fingerprint density at radius 1 is 0.829 bits per heavy atom. The first-order valence-electron chi connectivity index (χ1n) is 11.2. The van der Waals surface area contributed by atoms with Crippen molar-refractivity contribution in [1.29, 1.82) is 0 Å². The molecule has 0 aliphatic heterocycles. The first-order chi connectivity index (χ1) is 16.3. The van der Waals surface area contributed by atoms with E-state index < -0.39 is 66.2 Å². The molecule has 0 saturated heterocycles. The molecule has 35 heavy (non-hydrogen) atoms. The lowest BCUT2D eigenvalue weighted by Gasteiger charge is -2.26. The number of amides is 4. The summed E-state index contributed by atoms with van der Waals surface area (Å²) < 4.78 is 0. The molecular formula is C21H37N5O8S. The minimum absolute atomic E-state index is 0.132. The van der Waals surface area contributed by atoms with Crippen LogP contribution in [0.5, 0.6) is 0 Å². The second-order valence-electron chi connectivity index (χ2n) is 8.15. The van der Waals surface area contributed by atoms with E-state index in [0.29, 0.717) is 12.2 Å². The van der Waals surface area contributed by atoms with Crippen molar-refractivity contribution in [2.75, 3.05) is 12.0 Å². The molecule has 0 heterocycles. The number of carboxylic acids is 2. The first-order valence-corrected chi connectivity index (χ1v) is 12.6. The quantitative estimate of drug-likeness (QED) is 0.114. The topological polar surface area (TPSA) is 231 Å². The highest BCUT2D eigenvalue weighted by Crippen LogP contribution is 2.09. The second kappa shape index (κ2) is 16.7. The van der Waals surface area contributed by atoms with E-state index in [0.717, 1.165) is 0 Å². The third-order valence-electron chi connectivity index (χ3n) is 5.38. The van der Waals surface area contributed by atoms with Crippen molar-refractivity contribution in [3.05, 3.63) is 0 Å². The summed E-state index contributed by atoms with van der Waals surface area (Å²) in [7, 11) is 0. The number of nitrogens with one attached hydrogen (secondary N) is 3. The highest BCUT2D eigenvalue weighted by Gasteiger charge is 2.31. The third-order valence-corrected chi connectivity index (χ3v) is 6.02. The summed E-state index contributed by atoms with van der Waals surface area (Å²) in [5.74, 6) is -5.26. The van der Waals surface area contributed by atoms with E-state index in [2.05, 4.69) is 16.0 Å². The van der Waals surface area contributed by atoms with Gasteiger partial charge in [0, 0.05) is 12.8 Å². The Hall–Kier alpha value is -2.87. The van der Waals surface area contributed by atoms with Gasteiger partial charge in [0.25, 0.3) is 0 Å². The van der Waals surface area contributed by atoms with E-state index in [4.69, 9.17) is 16.6 Å². The van der Waals surface area contributed by atoms with Crippen LogP contribution in [-0.2, 0) is 28.8 Å². The molecule has 0 spiro atoms. The maximum absolute atomic E-state index is 13.0. The molecule has 5 unspecified atom stereocenters. The van der Waals surface area contributed by atoms with Crippen molar-refractivity contribution in [2.24, 2.45) is 17.4 Å². The number of carboxylic acid groups (broad SMARTS) is 2. The zero-order valence-electron chi connectivity index (χ0n) is 20.2. The average molecular weight is 520 g/mol. The summed E-state index contributed by atoms with van der Waals surface area (Å²) in [5, 5.41) is 25.3. The molecule has 0 rings (SSSR count). The standard InChI is InChI=1S/C21H37N5O8S/c1-4-11(2)17(23)20(32)25-12(5-7-15(22)27)18(30)24-13(9-10-35-3)19(31)26-14(21(33)34)6-8-16(28)29/h11-14,17H,4-10,23H2,1-3H3,(H2,22,27)(H,24,30)(H,25,32)(H,26,31)(H,28,29)(H,33,34). The minimum atomic E-state index is -1.47. The van der Waals surface area contributed by atoms with Crippen molar-refractivity contribution >= 4 is 47.3 Å². The van der Waals surface area contributed by atoms with Gasteiger partial charge in [0.05, 0.1) is 6.04 Å². The predicted molar refractivity (Wildman–Crippen MR) is 129 cm³/mol. The average Bonchev–Trinajstić information content (AvgIpc) is 2.79. The van der Waals surface area contributed by atoms with Gasteiger partial charge >= 0.3 is 11.9 Å². The Balaban J connectivity index is 5.56. The van der Waals surface area contributed by atoms with Crippen molar-refractivity contribution in [3.8, 4) is 0 Å². The van der Waals surface area contributed by atoms with Gasteiger partial charge < -0.3 is 37.6 Å². The summed E-state index contributed by atoms with van der Waals surface area (Å²) >= 11 is 1.38. The number of aliphatic carboxylic acids is 2. The third kappa shape index (κ3) is 13.0. The molecule has 0 aliphatic rings. The van der Waals surface area contributed by atoms with Crippen LogP contribution in [0.1, 0.15) is 52.4 Å². The second-order valence-corrected chi connectivity index (χ2v) is 9.14. The lowest BCUT2D eigenvalue weighted by molar-refractivity contribution is -0.143. The van der Waals surface area contributed by atoms with Crippen LogP contribution in [0, 0.1) is 5.92 Å². The molecular weight excluding hydrogens is 482 g/mol. The number of hydrogen-bond acceptors (Lipinski definition) is 8. The lowest BCUT2D eigenvalue weighted by Crippen LogP contribution is -2.57. The van der Waals surface area contributed by atoms with Crippen molar-refractivity contribution in [1.82, 2.24) is 16.0 Å². The van der Waals surface area contributed by atoms with Gasteiger partial charge in [-0.15, -0.1) is 0 Å². The number of carbonyl (C=O) groups is 6. The number of carbonyl (C=O) groups excluding carboxylic acids is 4. The Morgan fingerprint density at radius 2 is 1.31 bits per heavy atom. The fourth-order valence-electron chi connectivity index (χ4n) is 2.91. The number of rotatable bonds is 18. The Kier molecular flexibility index (Phi) is 15.3. The first kappa shape index (κ1) is 32.1. The zero-order chi connectivity index (χ0) is 27.1. The number of hydrogen-bond donors (Lipinski definition) is 7. The maximum atomic E-state index is 13.0. The molecule has 0 saturated carbocycles. The van der Waals surface area contributed by atoms with Crippen LogP contribution in [0.3, 0.4) is 0 Å².